The van der Waals surface area contributed by atoms with Gasteiger partial charge in [0.2, 0.25) is 0 Å². The van der Waals surface area contributed by atoms with Crippen molar-refractivity contribution < 1.29 is 0 Å². The van der Waals surface area contributed by atoms with E-state index in [4.69, 9.17) is 0 Å². The summed E-state index contributed by atoms with van der Waals surface area (Å²) < 4.78 is 6.70. The Balaban J connectivity index is 2.17. The Morgan fingerprint density at radius 2 is 1.28 bits per heavy atom. The maximum atomic E-state index is 2.58. The first-order valence-corrected chi connectivity index (χ1v) is 18.1. The summed E-state index contributed by atoms with van der Waals surface area (Å²) in [7, 11) is 0. The van der Waals surface area contributed by atoms with Crippen molar-refractivity contribution in [1.82, 2.24) is 0 Å². The molecule has 0 amide bonds. The van der Waals surface area contributed by atoms with Crippen molar-refractivity contribution in [3.63, 3.8) is 0 Å². The van der Waals surface area contributed by atoms with Crippen molar-refractivity contribution in [2.45, 2.75) is 86.0 Å². The third-order valence-corrected chi connectivity index (χ3v) is 22.1. The van der Waals surface area contributed by atoms with Gasteiger partial charge in [-0.3, -0.25) is 0 Å². The Morgan fingerprint density at radius 3 is 1.76 bits per heavy atom. The first-order valence-electron chi connectivity index (χ1n) is 10.6. The summed E-state index contributed by atoms with van der Waals surface area (Å²) in [5.74, 6) is 0. The molecule has 0 aromatic heterocycles. The number of unbranched alkanes of at least 4 members (excludes halogenated alkanes) is 3. The van der Waals surface area contributed by atoms with Gasteiger partial charge in [-0.2, -0.15) is 0 Å². The summed E-state index contributed by atoms with van der Waals surface area (Å²) >= 11 is -2.20. The van der Waals surface area contributed by atoms with Crippen LogP contribution in [0, 0.1) is 6.92 Å². The zero-order valence-corrected chi connectivity index (χ0v) is 19.9. The van der Waals surface area contributed by atoms with E-state index in [9.17, 15) is 0 Å². The van der Waals surface area contributed by atoms with Crippen LogP contribution in [0.4, 0.5) is 0 Å². The van der Waals surface area contributed by atoms with Crippen LogP contribution in [-0.2, 0) is 0 Å². The van der Waals surface area contributed by atoms with Crippen LogP contribution in [0.3, 0.4) is 0 Å². The first-order chi connectivity index (χ1) is 12.1. The molecule has 1 aromatic carbocycles. The molecule has 25 heavy (non-hydrogen) atoms. The summed E-state index contributed by atoms with van der Waals surface area (Å²) in [5.41, 5.74) is 4.37. The predicted octanol–water partition coefficient (Wildman–Crippen LogP) is 8.10. The molecule has 0 aliphatic heterocycles. The van der Waals surface area contributed by atoms with E-state index < -0.39 is 18.4 Å². The Labute approximate surface area is 160 Å². The van der Waals surface area contributed by atoms with E-state index in [1.54, 1.807) is 18.9 Å². The molecule has 0 atom stereocenters. The zero-order chi connectivity index (χ0) is 18.1. The SMILES string of the molecule is CCC[CH2][Sn]([CH2]CCC)([CH2]CCC)[C]1=CC=C(c2ccc(C)cc2)C1. The van der Waals surface area contributed by atoms with Crippen LogP contribution in [0.25, 0.3) is 5.57 Å². The van der Waals surface area contributed by atoms with Crippen LogP contribution < -0.4 is 0 Å². The number of benzene rings is 1. The number of rotatable bonds is 11. The van der Waals surface area contributed by atoms with Gasteiger partial charge in [-0.1, -0.05) is 0 Å². The van der Waals surface area contributed by atoms with Crippen molar-refractivity contribution in [2.24, 2.45) is 0 Å². The van der Waals surface area contributed by atoms with Crippen molar-refractivity contribution in [1.29, 1.82) is 0 Å². The number of aryl methyl sites for hydroxylation is 1. The van der Waals surface area contributed by atoms with Crippen molar-refractivity contribution >= 4 is 24.0 Å². The standard InChI is InChI=1S/C12H11.3C4H9.Sn/c1-10-6-8-12(9-7-10)11-4-2-3-5-11;3*1-3-4-2;/h2,4,6-9H,5H2,1H3;3*1,3-4H2,2H3;. The van der Waals surface area contributed by atoms with Crippen LogP contribution in [0.15, 0.2) is 40.0 Å². The monoisotopic (exact) mass is 446 g/mol. The van der Waals surface area contributed by atoms with Crippen molar-refractivity contribution in [3.05, 3.63) is 51.1 Å². The number of hydrogen-bond donors (Lipinski definition) is 0. The molecule has 0 bridgehead atoms. The molecule has 1 heteroatoms. The van der Waals surface area contributed by atoms with Gasteiger partial charge < -0.3 is 0 Å². The minimum absolute atomic E-state index is 1.26. The summed E-state index contributed by atoms with van der Waals surface area (Å²) in [4.78, 5) is 0. The van der Waals surface area contributed by atoms with Crippen LogP contribution in [0.2, 0.25) is 13.3 Å². The third-order valence-electron chi connectivity index (χ3n) is 6.00. The van der Waals surface area contributed by atoms with Gasteiger partial charge in [0.15, 0.2) is 0 Å². The molecule has 0 spiro atoms. The maximum absolute atomic E-state index is 2.58. The van der Waals surface area contributed by atoms with Gasteiger partial charge in [-0.25, -0.2) is 0 Å². The number of allylic oxidation sites excluding steroid dienone is 4. The van der Waals surface area contributed by atoms with Crippen LogP contribution in [-0.4, -0.2) is 18.4 Å². The van der Waals surface area contributed by atoms with E-state index in [1.165, 1.54) is 56.1 Å². The van der Waals surface area contributed by atoms with E-state index in [2.05, 4.69) is 64.1 Å². The zero-order valence-electron chi connectivity index (χ0n) is 17.0. The molecular formula is C24H38Sn. The van der Waals surface area contributed by atoms with E-state index in [0.29, 0.717) is 0 Å². The van der Waals surface area contributed by atoms with Crippen LogP contribution in [0.5, 0.6) is 0 Å². The molecule has 1 aromatic rings. The van der Waals surface area contributed by atoms with E-state index >= 15 is 0 Å². The second-order valence-electron chi connectivity index (χ2n) is 8.02. The molecule has 0 radical (unpaired) electrons. The second-order valence-corrected chi connectivity index (χ2v) is 21.4. The summed E-state index contributed by atoms with van der Waals surface area (Å²) in [5, 5.41) is 0. The molecule has 0 heterocycles. The van der Waals surface area contributed by atoms with Crippen molar-refractivity contribution in [3.8, 4) is 0 Å². The van der Waals surface area contributed by atoms with Gasteiger partial charge in [-0.05, 0) is 0 Å². The normalized spacial score (nSPS) is 14.6. The molecule has 1 aliphatic carbocycles. The van der Waals surface area contributed by atoms with Crippen LogP contribution >= 0.6 is 0 Å². The molecule has 0 fully saturated rings. The molecular weight excluding hydrogens is 407 g/mol. The number of hydrogen-bond acceptors (Lipinski definition) is 0. The second kappa shape index (κ2) is 10.6. The van der Waals surface area contributed by atoms with Gasteiger partial charge in [0.1, 0.15) is 0 Å². The molecule has 1 aliphatic rings. The third kappa shape index (κ3) is 5.74. The van der Waals surface area contributed by atoms with E-state index in [-0.39, 0.29) is 0 Å². The molecule has 0 N–H and O–H groups in total. The first kappa shape index (κ1) is 20.8. The Morgan fingerprint density at radius 1 is 0.760 bits per heavy atom. The van der Waals surface area contributed by atoms with E-state index in [0.717, 1.165) is 0 Å². The molecule has 138 valence electrons. The average Bonchev–Trinajstić information content (AvgIpc) is 3.13. The topological polar surface area (TPSA) is 0 Å². The fourth-order valence-electron chi connectivity index (χ4n) is 4.26. The molecule has 0 unspecified atom stereocenters. The quantitative estimate of drug-likeness (QED) is 0.302. The van der Waals surface area contributed by atoms with Crippen molar-refractivity contribution in [2.75, 3.05) is 0 Å². The fourth-order valence-corrected chi connectivity index (χ4v) is 20.8. The molecule has 0 nitrogen and oxygen atoms in total. The predicted molar refractivity (Wildman–Crippen MR) is 117 cm³/mol. The average molecular weight is 445 g/mol. The Bertz CT molecular complexity index is 555. The fraction of sp³-hybridized carbons (Fsp3) is 0.583. The Hall–Kier alpha value is -0.501. The molecule has 0 saturated heterocycles. The van der Waals surface area contributed by atoms with Gasteiger partial charge in [0.05, 0.1) is 0 Å². The Kier molecular flexibility index (Phi) is 8.82. The van der Waals surface area contributed by atoms with Gasteiger partial charge in [0, 0.05) is 0 Å². The minimum atomic E-state index is -2.20. The van der Waals surface area contributed by atoms with Gasteiger partial charge >= 0.3 is 161 Å². The van der Waals surface area contributed by atoms with Crippen LogP contribution in [0.1, 0.15) is 76.8 Å². The van der Waals surface area contributed by atoms with E-state index in [1.807, 2.05) is 3.59 Å². The summed E-state index contributed by atoms with van der Waals surface area (Å²) in [6.45, 7) is 9.29. The van der Waals surface area contributed by atoms with Gasteiger partial charge in [-0.15, -0.1) is 0 Å². The molecule has 2 rings (SSSR count). The molecule has 0 saturated carbocycles. The van der Waals surface area contributed by atoms with Gasteiger partial charge in [0.25, 0.3) is 0 Å². The summed E-state index contributed by atoms with van der Waals surface area (Å²) in [6, 6.07) is 9.16. The summed E-state index contributed by atoms with van der Waals surface area (Å²) in [6.07, 6.45) is 14.8.